The fraction of sp³-hybridized carbons (Fsp3) is 0.471. The van der Waals surface area contributed by atoms with Gasteiger partial charge in [-0.05, 0) is 17.7 Å². The first-order chi connectivity index (χ1) is 11.4. The maximum atomic E-state index is 12.5. The molecule has 2 heterocycles. The average molecular weight is 330 g/mol. The molecule has 2 aromatic rings. The fourth-order valence-corrected chi connectivity index (χ4v) is 3.02. The smallest absolute Gasteiger partial charge is 0.323 e. The van der Waals surface area contributed by atoms with Crippen molar-refractivity contribution in [3.8, 4) is 0 Å². The van der Waals surface area contributed by atoms with Gasteiger partial charge in [-0.3, -0.25) is 9.59 Å². The summed E-state index contributed by atoms with van der Waals surface area (Å²) in [4.78, 5) is 44.7. The summed E-state index contributed by atoms with van der Waals surface area (Å²) in [5.41, 5.74) is 2.05. The van der Waals surface area contributed by atoms with Crippen LogP contribution in [0.25, 0.3) is 11.0 Å². The Bertz CT molecular complexity index is 813. The Hall–Kier alpha value is -2.57. The molecular formula is C17H22N4O3. The predicted molar refractivity (Wildman–Crippen MR) is 90.6 cm³/mol. The van der Waals surface area contributed by atoms with Crippen LogP contribution in [0.3, 0.4) is 0 Å². The van der Waals surface area contributed by atoms with Crippen molar-refractivity contribution >= 4 is 22.8 Å². The zero-order valence-electron chi connectivity index (χ0n) is 14.0. The predicted octanol–water partition coefficient (Wildman–Crippen LogP) is 0.725. The number of nitrogens with one attached hydrogen (secondary N) is 2. The van der Waals surface area contributed by atoms with Gasteiger partial charge in [0.25, 0.3) is 0 Å². The zero-order valence-corrected chi connectivity index (χ0v) is 14.0. The maximum Gasteiger partial charge on any atom is 0.323 e. The van der Waals surface area contributed by atoms with E-state index < -0.39 is 0 Å². The SMILES string of the molecule is CC(C)C(=O)N1CCN(C(=O)Cc2ccc3[nH]c(=O)[nH]c3c2)CC1. The Kier molecular flexibility index (Phi) is 4.42. The Balaban J connectivity index is 1.61. The first-order valence-corrected chi connectivity index (χ1v) is 8.21. The van der Waals surface area contributed by atoms with Crippen molar-refractivity contribution in [2.75, 3.05) is 26.2 Å². The quantitative estimate of drug-likeness (QED) is 0.869. The molecule has 24 heavy (non-hydrogen) atoms. The summed E-state index contributed by atoms with van der Waals surface area (Å²) in [7, 11) is 0. The van der Waals surface area contributed by atoms with Gasteiger partial charge in [0, 0.05) is 32.1 Å². The van der Waals surface area contributed by atoms with E-state index in [9.17, 15) is 14.4 Å². The van der Waals surface area contributed by atoms with Gasteiger partial charge < -0.3 is 19.8 Å². The molecule has 3 rings (SSSR count). The van der Waals surface area contributed by atoms with Gasteiger partial charge in [0.05, 0.1) is 17.5 Å². The third-order valence-electron chi connectivity index (χ3n) is 4.37. The van der Waals surface area contributed by atoms with E-state index in [-0.39, 0.29) is 23.4 Å². The summed E-state index contributed by atoms with van der Waals surface area (Å²) in [5, 5.41) is 0. The number of imidazole rings is 1. The molecule has 1 aliphatic heterocycles. The molecule has 1 saturated heterocycles. The van der Waals surface area contributed by atoms with Crippen LogP contribution in [0.4, 0.5) is 0 Å². The second-order valence-corrected chi connectivity index (χ2v) is 6.50. The summed E-state index contributed by atoms with van der Waals surface area (Å²) < 4.78 is 0. The van der Waals surface area contributed by atoms with Crippen LogP contribution in [0, 0.1) is 5.92 Å². The Morgan fingerprint density at radius 1 is 1.04 bits per heavy atom. The first kappa shape index (κ1) is 16.3. The highest BCUT2D eigenvalue weighted by Gasteiger charge is 2.25. The van der Waals surface area contributed by atoms with Crippen LogP contribution < -0.4 is 5.69 Å². The summed E-state index contributed by atoms with van der Waals surface area (Å²) in [6, 6.07) is 5.47. The lowest BCUT2D eigenvalue weighted by atomic mass is 10.1. The standard InChI is InChI=1S/C17H22N4O3/c1-11(2)16(23)21-7-5-20(6-8-21)15(22)10-12-3-4-13-14(9-12)19-17(24)18-13/h3-4,9,11H,5-8,10H2,1-2H3,(H2,18,19,24). The van der Waals surface area contributed by atoms with Crippen LogP contribution in [0.1, 0.15) is 19.4 Å². The number of hydrogen-bond donors (Lipinski definition) is 2. The van der Waals surface area contributed by atoms with E-state index in [1.165, 1.54) is 0 Å². The van der Waals surface area contributed by atoms with Gasteiger partial charge in [0.1, 0.15) is 0 Å². The van der Waals surface area contributed by atoms with Crippen molar-refractivity contribution in [3.05, 3.63) is 34.2 Å². The van der Waals surface area contributed by atoms with Gasteiger partial charge in [0.2, 0.25) is 11.8 Å². The van der Waals surface area contributed by atoms with Gasteiger partial charge >= 0.3 is 5.69 Å². The van der Waals surface area contributed by atoms with Crippen molar-refractivity contribution in [2.45, 2.75) is 20.3 Å². The molecule has 2 amide bonds. The number of carbonyl (C=O) groups excluding carboxylic acids is 2. The van der Waals surface area contributed by atoms with Crippen LogP contribution >= 0.6 is 0 Å². The van der Waals surface area contributed by atoms with Crippen LogP contribution in [0.5, 0.6) is 0 Å². The van der Waals surface area contributed by atoms with Crippen molar-refractivity contribution in [1.82, 2.24) is 19.8 Å². The lowest BCUT2D eigenvalue weighted by Crippen LogP contribution is -2.51. The Morgan fingerprint density at radius 2 is 1.67 bits per heavy atom. The molecule has 0 atom stereocenters. The largest absolute Gasteiger partial charge is 0.339 e. The zero-order chi connectivity index (χ0) is 17.3. The van der Waals surface area contributed by atoms with E-state index >= 15 is 0 Å². The second-order valence-electron chi connectivity index (χ2n) is 6.50. The minimum Gasteiger partial charge on any atom is -0.339 e. The van der Waals surface area contributed by atoms with E-state index in [0.29, 0.717) is 38.1 Å². The molecule has 0 bridgehead atoms. The molecule has 0 spiro atoms. The highest BCUT2D eigenvalue weighted by molar-refractivity contribution is 5.82. The summed E-state index contributed by atoms with van der Waals surface area (Å²) in [5.74, 6) is 0.176. The lowest BCUT2D eigenvalue weighted by molar-refractivity contribution is -0.141. The molecule has 1 aromatic heterocycles. The van der Waals surface area contributed by atoms with Crippen molar-refractivity contribution in [1.29, 1.82) is 0 Å². The third-order valence-corrected chi connectivity index (χ3v) is 4.37. The van der Waals surface area contributed by atoms with E-state index in [1.807, 2.05) is 30.9 Å². The first-order valence-electron chi connectivity index (χ1n) is 8.21. The number of amides is 2. The molecule has 0 radical (unpaired) electrons. The lowest BCUT2D eigenvalue weighted by Gasteiger charge is -2.35. The minimum absolute atomic E-state index is 0.0116. The van der Waals surface area contributed by atoms with E-state index in [2.05, 4.69) is 9.97 Å². The number of carbonyl (C=O) groups is 2. The molecule has 1 aliphatic rings. The van der Waals surface area contributed by atoms with Crippen LogP contribution in [0.2, 0.25) is 0 Å². The topological polar surface area (TPSA) is 89.3 Å². The van der Waals surface area contributed by atoms with Gasteiger partial charge in [-0.2, -0.15) is 0 Å². The van der Waals surface area contributed by atoms with Gasteiger partial charge in [0.15, 0.2) is 0 Å². The molecule has 1 fully saturated rings. The fourth-order valence-electron chi connectivity index (χ4n) is 3.02. The van der Waals surface area contributed by atoms with Crippen LogP contribution in [0.15, 0.2) is 23.0 Å². The van der Waals surface area contributed by atoms with Gasteiger partial charge in [-0.15, -0.1) is 0 Å². The number of benzene rings is 1. The van der Waals surface area contributed by atoms with Crippen molar-refractivity contribution in [2.24, 2.45) is 5.92 Å². The molecule has 0 saturated carbocycles. The van der Waals surface area contributed by atoms with E-state index in [0.717, 1.165) is 11.1 Å². The monoisotopic (exact) mass is 330 g/mol. The number of fused-ring (bicyclic) bond motifs is 1. The molecule has 0 unspecified atom stereocenters. The minimum atomic E-state index is -0.251. The van der Waals surface area contributed by atoms with Crippen molar-refractivity contribution in [3.63, 3.8) is 0 Å². The average Bonchev–Trinajstić information content (AvgIpc) is 2.93. The molecule has 0 aliphatic carbocycles. The molecule has 7 nitrogen and oxygen atoms in total. The van der Waals surface area contributed by atoms with Gasteiger partial charge in [-0.1, -0.05) is 19.9 Å². The number of rotatable bonds is 3. The van der Waals surface area contributed by atoms with Gasteiger partial charge in [-0.25, -0.2) is 4.79 Å². The summed E-state index contributed by atoms with van der Waals surface area (Å²) in [6.07, 6.45) is 0.293. The number of piperazine rings is 1. The Labute approximate surface area is 139 Å². The normalized spacial score (nSPS) is 15.3. The number of aromatic nitrogens is 2. The van der Waals surface area contributed by atoms with E-state index in [1.54, 1.807) is 11.0 Å². The van der Waals surface area contributed by atoms with Crippen molar-refractivity contribution < 1.29 is 9.59 Å². The van der Waals surface area contributed by atoms with E-state index in [4.69, 9.17) is 0 Å². The maximum absolute atomic E-state index is 12.5. The molecule has 7 heteroatoms. The summed E-state index contributed by atoms with van der Waals surface area (Å²) >= 11 is 0. The number of nitrogens with zero attached hydrogens (tertiary/aromatic N) is 2. The molecule has 2 N–H and O–H groups in total. The number of H-pyrrole nitrogens is 2. The number of hydrogen-bond acceptors (Lipinski definition) is 3. The summed E-state index contributed by atoms with van der Waals surface area (Å²) in [6.45, 7) is 6.10. The highest BCUT2D eigenvalue weighted by Crippen LogP contribution is 2.13. The Morgan fingerprint density at radius 3 is 2.33 bits per heavy atom. The number of aromatic amines is 2. The second kappa shape index (κ2) is 6.51. The third kappa shape index (κ3) is 3.34. The van der Waals surface area contributed by atoms with Crippen LogP contribution in [-0.2, 0) is 16.0 Å². The van der Waals surface area contributed by atoms with Crippen LogP contribution in [-0.4, -0.2) is 57.8 Å². The molecule has 128 valence electrons. The highest BCUT2D eigenvalue weighted by atomic mass is 16.2. The molecular weight excluding hydrogens is 308 g/mol. The molecule has 1 aromatic carbocycles.